The van der Waals surface area contributed by atoms with Gasteiger partial charge in [0.2, 0.25) is 0 Å². The second-order valence-electron chi connectivity index (χ2n) is 5.81. The van der Waals surface area contributed by atoms with Crippen LogP contribution in [-0.4, -0.2) is 18.9 Å². The Morgan fingerprint density at radius 1 is 1.19 bits per heavy atom. The van der Waals surface area contributed by atoms with Crippen molar-refractivity contribution in [2.24, 2.45) is 0 Å². The largest absolute Gasteiger partial charge is 0.287 e. The van der Waals surface area contributed by atoms with Crippen LogP contribution >= 0.6 is 23.1 Å². The number of thioether (sulfide) groups is 1. The minimum atomic E-state index is -0.0992. The zero-order valence-corrected chi connectivity index (χ0v) is 15.9. The van der Waals surface area contributed by atoms with Crippen LogP contribution in [0.3, 0.4) is 0 Å². The molecule has 0 fully saturated rings. The third kappa shape index (κ3) is 2.85. The molecule has 4 aromatic heterocycles. The van der Waals surface area contributed by atoms with Crippen LogP contribution in [0.4, 0.5) is 0 Å². The minimum absolute atomic E-state index is 0.0165. The first-order valence-corrected chi connectivity index (χ1v) is 10.0. The van der Waals surface area contributed by atoms with Gasteiger partial charge in [-0.25, -0.2) is 9.97 Å². The Bertz CT molecular complexity index is 1240. The van der Waals surface area contributed by atoms with E-state index < -0.39 is 0 Å². The molecule has 0 N–H and O–H groups in total. The number of thiophene rings is 1. The van der Waals surface area contributed by atoms with E-state index in [2.05, 4.69) is 9.97 Å². The number of fused-ring (bicyclic) bond motifs is 2. The third-order valence-electron chi connectivity index (χ3n) is 4.13. The van der Waals surface area contributed by atoms with Gasteiger partial charge in [0.15, 0.2) is 5.16 Å². The van der Waals surface area contributed by atoms with E-state index in [0.717, 1.165) is 11.2 Å². The lowest BCUT2D eigenvalue weighted by atomic mass is 10.3. The summed E-state index contributed by atoms with van der Waals surface area (Å²) in [5.74, 6) is 0.474. The Labute approximate surface area is 157 Å². The molecule has 0 unspecified atom stereocenters. The summed E-state index contributed by atoms with van der Waals surface area (Å²) >= 11 is 2.83. The second-order valence-corrected chi connectivity index (χ2v) is 7.67. The maximum Gasteiger partial charge on any atom is 0.272 e. The molecule has 4 rings (SSSR count). The molecule has 0 aromatic carbocycles. The van der Waals surface area contributed by atoms with E-state index in [1.54, 1.807) is 15.0 Å². The smallest absolute Gasteiger partial charge is 0.272 e. The first-order valence-electron chi connectivity index (χ1n) is 8.17. The van der Waals surface area contributed by atoms with Crippen LogP contribution in [0.1, 0.15) is 18.3 Å². The first kappa shape index (κ1) is 17.0. The van der Waals surface area contributed by atoms with Gasteiger partial charge >= 0.3 is 0 Å². The standard InChI is InChI=1S/C18H16N4O2S2/c1-3-21-17(24)16-13(7-8-25-16)20-18(21)26-10-12-9-15(23)22-11(2)5-4-6-14(22)19-12/h4-9H,3,10H2,1-2H3. The van der Waals surface area contributed by atoms with Crippen molar-refractivity contribution in [2.45, 2.75) is 31.3 Å². The van der Waals surface area contributed by atoms with Crippen molar-refractivity contribution < 1.29 is 0 Å². The highest BCUT2D eigenvalue weighted by molar-refractivity contribution is 7.98. The van der Waals surface area contributed by atoms with Crippen molar-refractivity contribution >= 4 is 39.0 Å². The highest BCUT2D eigenvalue weighted by Crippen LogP contribution is 2.23. The molecule has 0 aliphatic carbocycles. The molecule has 0 spiro atoms. The monoisotopic (exact) mass is 384 g/mol. The van der Waals surface area contributed by atoms with Crippen molar-refractivity contribution in [3.05, 3.63) is 67.8 Å². The lowest BCUT2D eigenvalue weighted by Crippen LogP contribution is -2.21. The molecule has 4 heterocycles. The molecule has 0 amide bonds. The normalized spacial score (nSPS) is 11.5. The molecule has 8 heteroatoms. The molecule has 4 aromatic rings. The fraction of sp³-hybridized carbons (Fsp3) is 0.222. The Balaban J connectivity index is 1.72. The van der Waals surface area contributed by atoms with Gasteiger partial charge in [0.1, 0.15) is 10.3 Å². The number of aryl methyl sites for hydroxylation is 1. The van der Waals surface area contributed by atoms with Crippen LogP contribution in [0.25, 0.3) is 15.9 Å². The number of rotatable bonds is 4. The predicted octanol–water partition coefficient (Wildman–Crippen LogP) is 3.09. The lowest BCUT2D eigenvalue weighted by molar-refractivity contribution is 0.635. The van der Waals surface area contributed by atoms with Gasteiger partial charge in [-0.15, -0.1) is 11.3 Å². The first-order chi connectivity index (χ1) is 12.6. The van der Waals surface area contributed by atoms with Gasteiger partial charge in [0.05, 0.1) is 11.2 Å². The maximum absolute atomic E-state index is 12.6. The zero-order valence-electron chi connectivity index (χ0n) is 14.3. The summed E-state index contributed by atoms with van der Waals surface area (Å²) in [5, 5.41) is 2.52. The van der Waals surface area contributed by atoms with E-state index in [4.69, 9.17) is 0 Å². The van der Waals surface area contributed by atoms with Crippen molar-refractivity contribution in [1.29, 1.82) is 0 Å². The molecular formula is C18H16N4O2S2. The average Bonchev–Trinajstić information content (AvgIpc) is 3.09. The number of aromatic nitrogens is 4. The van der Waals surface area contributed by atoms with Gasteiger partial charge in [-0.3, -0.25) is 18.6 Å². The topological polar surface area (TPSA) is 69.3 Å². The number of pyridine rings is 1. The molecule has 0 bridgehead atoms. The Morgan fingerprint density at radius 2 is 2.04 bits per heavy atom. The highest BCUT2D eigenvalue weighted by Gasteiger charge is 2.12. The van der Waals surface area contributed by atoms with Gasteiger partial charge in [-0.2, -0.15) is 0 Å². The van der Waals surface area contributed by atoms with Gasteiger partial charge in [0.25, 0.3) is 11.1 Å². The van der Waals surface area contributed by atoms with E-state index in [1.165, 1.54) is 23.1 Å². The molecule has 26 heavy (non-hydrogen) atoms. The summed E-state index contributed by atoms with van der Waals surface area (Å²) in [6.07, 6.45) is 0. The van der Waals surface area contributed by atoms with E-state index in [0.29, 0.717) is 33.5 Å². The molecule has 6 nitrogen and oxygen atoms in total. The molecule has 132 valence electrons. The Kier molecular flexibility index (Phi) is 4.37. The maximum atomic E-state index is 12.6. The van der Waals surface area contributed by atoms with E-state index in [-0.39, 0.29) is 11.1 Å². The Morgan fingerprint density at radius 3 is 2.85 bits per heavy atom. The summed E-state index contributed by atoms with van der Waals surface area (Å²) in [4.78, 5) is 34.1. The molecule has 0 aliphatic heterocycles. The molecular weight excluding hydrogens is 368 g/mol. The minimum Gasteiger partial charge on any atom is -0.287 e. The zero-order chi connectivity index (χ0) is 18.3. The van der Waals surface area contributed by atoms with Crippen LogP contribution in [0.15, 0.2) is 50.5 Å². The quantitative estimate of drug-likeness (QED) is 0.399. The Hall–Kier alpha value is -2.45. The van der Waals surface area contributed by atoms with Crippen LogP contribution in [0, 0.1) is 6.92 Å². The van der Waals surface area contributed by atoms with E-state index >= 15 is 0 Å². The summed E-state index contributed by atoms with van der Waals surface area (Å²) < 4.78 is 3.93. The van der Waals surface area contributed by atoms with Crippen LogP contribution in [0.5, 0.6) is 0 Å². The summed E-state index contributed by atoms with van der Waals surface area (Å²) in [6.45, 7) is 4.36. The number of hydrogen-bond acceptors (Lipinski definition) is 6. The highest BCUT2D eigenvalue weighted by atomic mass is 32.2. The van der Waals surface area contributed by atoms with E-state index in [9.17, 15) is 9.59 Å². The summed E-state index contributed by atoms with van der Waals surface area (Å²) in [7, 11) is 0. The fourth-order valence-electron chi connectivity index (χ4n) is 2.89. The van der Waals surface area contributed by atoms with Crippen molar-refractivity contribution in [3.8, 4) is 0 Å². The van der Waals surface area contributed by atoms with Crippen molar-refractivity contribution in [1.82, 2.24) is 18.9 Å². The van der Waals surface area contributed by atoms with E-state index in [1.807, 2.05) is 43.5 Å². The molecule has 0 aliphatic rings. The van der Waals surface area contributed by atoms with Gasteiger partial charge < -0.3 is 0 Å². The van der Waals surface area contributed by atoms with Crippen molar-refractivity contribution in [2.75, 3.05) is 0 Å². The van der Waals surface area contributed by atoms with Gasteiger partial charge in [-0.05, 0) is 37.4 Å². The number of hydrogen-bond donors (Lipinski definition) is 0. The third-order valence-corrected chi connectivity index (χ3v) is 6.03. The lowest BCUT2D eigenvalue weighted by Gasteiger charge is -2.10. The van der Waals surface area contributed by atoms with Crippen LogP contribution < -0.4 is 11.1 Å². The van der Waals surface area contributed by atoms with Gasteiger partial charge in [-0.1, -0.05) is 17.8 Å². The molecule has 0 radical (unpaired) electrons. The summed E-state index contributed by atoms with van der Waals surface area (Å²) in [5.41, 5.74) is 2.75. The number of nitrogens with zero attached hydrogens (tertiary/aromatic N) is 4. The van der Waals surface area contributed by atoms with Crippen LogP contribution in [0.2, 0.25) is 0 Å². The average molecular weight is 384 g/mol. The molecule has 0 saturated heterocycles. The SMILES string of the molecule is CCn1c(SCc2cc(=O)n3c(C)cccc3n2)nc2ccsc2c1=O. The molecule has 0 atom stereocenters. The predicted molar refractivity (Wildman–Crippen MR) is 105 cm³/mol. The van der Waals surface area contributed by atoms with Crippen molar-refractivity contribution in [3.63, 3.8) is 0 Å². The van der Waals surface area contributed by atoms with Crippen LogP contribution in [-0.2, 0) is 12.3 Å². The second kappa shape index (κ2) is 6.69. The summed E-state index contributed by atoms with van der Waals surface area (Å²) in [6, 6.07) is 8.99. The molecule has 0 saturated carbocycles. The fourth-order valence-corrected chi connectivity index (χ4v) is 4.62. The van der Waals surface area contributed by atoms with Gasteiger partial charge in [0, 0.05) is 24.1 Å².